The Labute approximate surface area is 63.7 Å². The normalized spacial score (nSPS) is 10.6. The monoisotopic (exact) mass is 148 g/mol. The molecule has 0 saturated heterocycles. The molecule has 0 spiro atoms. The Bertz CT molecular complexity index is 392. The topological polar surface area (TPSA) is 48.9 Å². The minimum Gasteiger partial charge on any atom is -0.493 e. The van der Waals surface area contributed by atoms with Crippen LogP contribution in [0, 0.1) is 6.92 Å². The molecule has 0 aliphatic heterocycles. The summed E-state index contributed by atoms with van der Waals surface area (Å²) in [5.41, 5.74) is 2.00. The third kappa shape index (κ3) is 0.941. The second-order valence-corrected chi connectivity index (χ2v) is 2.58. The molecule has 0 saturated carbocycles. The van der Waals surface area contributed by atoms with E-state index in [0.29, 0.717) is 0 Å². The van der Waals surface area contributed by atoms with Crippen LogP contribution in [0.3, 0.4) is 0 Å². The van der Waals surface area contributed by atoms with Crippen molar-refractivity contribution in [1.29, 1.82) is 0 Å². The molecule has 0 aliphatic rings. The van der Waals surface area contributed by atoms with Crippen LogP contribution < -0.4 is 0 Å². The number of aryl methyl sites for hydroxylation is 1. The van der Waals surface area contributed by atoms with Gasteiger partial charge in [0.15, 0.2) is 0 Å². The Hall–Kier alpha value is -1.51. The second kappa shape index (κ2) is 1.99. The number of fused-ring (bicyclic) bond motifs is 1. The number of nitrogens with one attached hydrogen (secondary N) is 1. The molecular weight excluding hydrogens is 140 g/mol. The number of rotatable bonds is 0. The van der Waals surface area contributed by atoms with E-state index in [4.69, 9.17) is 5.11 Å². The lowest BCUT2D eigenvalue weighted by atomic mass is 10.3. The van der Waals surface area contributed by atoms with E-state index in [2.05, 4.69) is 9.97 Å². The van der Waals surface area contributed by atoms with Crippen molar-refractivity contribution in [2.45, 2.75) is 6.92 Å². The Morgan fingerprint density at radius 1 is 1.45 bits per heavy atom. The molecule has 0 aliphatic carbocycles. The van der Waals surface area contributed by atoms with Gasteiger partial charge in [0.1, 0.15) is 0 Å². The van der Waals surface area contributed by atoms with Gasteiger partial charge in [0.2, 0.25) is 5.88 Å². The van der Waals surface area contributed by atoms with Gasteiger partial charge in [-0.2, -0.15) is 0 Å². The summed E-state index contributed by atoms with van der Waals surface area (Å²) < 4.78 is 0. The predicted octanol–water partition coefficient (Wildman–Crippen LogP) is 1.58. The van der Waals surface area contributed by atoms with Crippen LogP contribution in [0.2, 0.25) is 0 Å². The lowest BCUT2D eigenvalue weighted by Crippen LogP contribution is -1.72. The maximum Gasteiger partial charge on any atom is 0.212 e. The molecule has 0 bridgehead atoms. The standard InChI is InChI=1S/C8H8N2O/c1-5-2-6-4-9-8(11)3-7(6)10-5/h2-4,10H,1H3,(H,9,11). The fourth-order valence-electron chi connectivity index (χ4n) is 1.16. The second-order valence-electron chi connectivity index (χ2n) is 2.58. The van der Waals surface area contributed by atoms with E-state index in [1.165, 1.54) is 0 Å². The first-order valence-corrected chi connectivity index (χ1v) is 3.40. The van der Waals surface area contributed by atoms with Crippen molar-refractivity contribution in [2.75, 3.05) is 0 Å². The summed E-state index contributed by atoms with van der Waals surface area (Å²) in [6.07, 6.45) is 1.65. The first-order chi connectivity index (χ1) is 5.25. The summed E-state index contributed by atoms with van der Waals surface area (Å²) in [4.78, 5) is 6.86. The number of nitrogens with zero attached hydrogens (tertiary/aromatic N) is 1. The maximum absolute atomic E-state index is 9.01. The largest absolute Gasteiger partial charge is 0.493 e. The molecule has 0 radical (unpaired) electrons. The quantitative estimate of drug-likeness (QED) is 0.595. The lowest BCUT2D eigenvalue weighted by molar-refractivity contribution is 0.454. The number of aromatic nitrogens is 2. The van der Waals surface area contributed by atoms with Gasteiger partial charge in [0.25, 0.3) is 0 Å². The number of hydrogen-bond donors (Lipinski definition) is 2. The molecule has 2 aromatic heterocycles. The molecule has 2 rings (SSSR count). The molecule has 3 heteroatoms. The molecule has 2 aromatic rings. The fourth-order valence-corrected chi connectivity index (χ4v) is 1.16. The maximum atomic E-state index is 9.01. The molecule has 0 unspecified atom stereocenters. The van der Waals surface area contributed by atoms with Crippen molar-refractivity contribution in [3.05, 3.63) is 24.0 Å². The van der Waals surface area contributed by atoms with E-state index >= 15 is 0 Å². The average molecular weight is 148 g/mol. The smallest absolute Gasteiger partial charge is 0.212 e. The minimum absolute atomic E-state index is 0.0550. The van der Waals surface area contributed by atoms with Gasteiger partial charge in [0.05, 0.1) is 5.52 Å². The van der Waals surface area contributed by atoms with E-state index in [0.717, 1.165) is 16.6 Å². The SMILES string of the molecule is Cc1cc2cnc(O)cc2[nH]1. The molecule has 2 N–H and O–H groups in total. The van der Waals surface area contributed by atoms with Crippen molar-refractivity contribution >= 4 is 10.9 Å². The van der Waals surface area contributed by atoms with Crippen molar-refractivity contribution in [2.24, 2.45) is 0 Å². The zero-order chi connectivity index (χ0) is 7.84. The minimum atomic E-state index is 0.0550. The Morgan fingerprint density at radius 3 is 3.09 bits per heavy atom. The Morgan fingerprint density at radius 2 is 2.27 bits per heavy atom. The van der Waals surface area contributed by atoms with Gasteiger partial charge in [-0.25, -0.2) is 4.98 Å². The van der Waals surface area contributed by atoms with Gasteiger partial charge < -0.3 is 10.1 Å². The molecule has 2 heterocycles. The zero-order valence-electron chi connectivity index (χ0n) is 6.13. The molecule has 0 amide bonds. The van der Waals surface area contributed by atoms with Crippen LogP contribution in [0.1, 0.15) is 5.69 Å². The third-order valence-corrected chi connectivity index (χ3v) is 1.62. The van der Waals surface area contributed by atoms with Gasteiger partial charge in [-0.3, -0.25) is 0 Å². The number of H-pyrrole nitrogens is 1. The fraction of sp³-hybridized carbons (Fsp3) is 0.125. The summed E-state index contributed by atoms with van der Waals surface area (Å²) in [6, 6.07) is 3.60. The first-order valence-electron chi connectivity index (χ1n) is 3.40. The van der Waals surface area contributed by atoms with Crippen LogP contribution in [-0.2, 0) is 0 Å². The van der Waals surface area contributed by atoms with Crippen molar-refractivity contribution < 1.29 is 5.11 Å². The van der Waals surface area contributed by atoms with Crippen LogP contribution >= 0.6 is 0 Å². The molecule has 3 nitrogen and oxygen atoms in total. The van der Waals surface area contributed by atoms with Gasteiger partial charge in [-0.05, 0) is 13.0 Å². The van der Waals surface area contributed by atoms with Crippen LogP contribution in [0.15, 0.2) is 18.3 Å². The summed E-state index contributed by atoms with van der Waals surface area (Å²) in [5.74, 6) is 0.0550. The van der Waals surface area contributed by atoms with Gasteiger partial charge in [-0.1, -0.05) is 0 Å². The van der Waals surface area contributed by atoms with Gasteiger partial charge in [-0.15, -0.1) is 0 Å². The van der Waals surface area contributed by atoms with Crippen LogP contribution in [0.5, 0.6) is 5.88 Å². The predicted molar refractivity (Wildman–Crippen MR) is 42.5 cm³/mol. The zero-order valence-corrected chi connectivity index (χ0v) is 6.13. The molecular formula is C8H8N2O. The Kier molecular flexibility index (Phi) is 1.12. The van der Waals surface area contributed by atoms with E-state index in [-0.39, 0.29) is 5.88 Å². The first kappa shape index (κ1) is 6.22. The summed E-state index contributed by atoms with van der Waals surface area (Å²) in [6.45, 7) is 1.97. The van der Waals surface area contributed by atoms with E-state index in [1.54, 1.807) is 12.3 Å². The van der Waals surface area contributed by atoms with Crippen molar-refractivity contribution in [1.82, 2.24) is 9.97 Å². The molecule has 0 atom stereocenters. The van der Waals surface area contributed by atoms with Crippen molar-refractivity contribution in [3.63, 3.8) is 0 Å². The average Bonchev–Trinajstić information content (AvgIpc) is 2.27. The number of hydrogen-bond acceptors (Lipinski definition) is 2. The molecule has 0 aromatic carbocycles. The third-order valence-electron chi connectivity index (χ3n) is 1.62. The van der Waals surface area contributed by atoms with Crippen molar-refractivity contribution in [3.8, 4) is 5.88 Å². The highest BCUT2D eigenvalue weighted by Crippen LogP contribution is 2.16. The Balaban J connectivity index is 2.82. The van der Waals surface area contributed by atoms with Crippen LogP contribution in [0.4, 0.5) is 0 Å². The van der Waals surface area contributed by atoms with E-state index < -0.39 is 0 Å². The summed E-state index contributed by atoms with van der Waals surface area (Å²) in [7, 11) is 0. The lowest BCUT2D eigenvalue weighted by Gasteiger charge is -1.88. The number of aromatic amines is 1. The van der Waals surface area contributed by atoms with E-state index in [9.17, 15) is 0 Å². The number of pyridine rings is 1. The highest BCUT2D eigenvalue weighted by Gasteiger charge is 1.97. The van der Waals surface area contributed by atoms with Gasteiger partial charge in [0, 0.05) is 23.3 Å². The highest BCUT2D eigenvalue weighted by molar-refractivity contribution is 5.80. The molecule has 56 valence electrons. The molecule has 11 heavy (non-hydrogen) atoms. The van der Waals surface area contributed by atoms with Gasteiger partial charge >= 0.3 is 0 Å². The van der Waals surface area contributed by atoms with E-state index in [1.807, 2.05) is 13.0 Å². The van der Waals surface area contributed by atoms with Crippen LogP contribution in [0.25, 0.3) is 10.9 Å². The summed E-state index contributed by atoms with van der Waals surface area (Å²) in [5, 5.41) is 10.0. The molecule has 0 fully saturated rings. The summed E-state index contributed by atoms with van der Waals surface area (Å²) >= 11 is 0. The number of aromatic hydroxyl groups is 1. The highest BCUT2D eigenvalue weighted by atomic mass is 16.3. The van der Waals surface area contributed by atoms with Crippen LogP contribution in [-0.4, -0.2) is 15.1 Å².